The summed E-state index contributed by atoms with van der Waals surface area (Å²) < 4.78 is 6.35. The van der Waals surface area contributed by atoms with Crippen molar-refractivity contribution in [3.8, 4) is 5.75 Å². The third kappa shape index (κ3) is 1.78. The first-order chi connectivity index (χ1) is 7.83. The van der Waals surface area contributed by atoms with E-state index in [1.54, 1.807) is 0 Å². The number of anilines is 1. The van der Waals surface area contributed by atoms with Crippen LogP contribution in [0.1, 0.15) is 11.6 Å². The van der Waals surface area contributed by atoms with E-state index in [1.807, 2.05) is 18.2 Å². The lowest BCUT2D eigenvalue weighted by Crippen LogP contribution is -2.11. The van der Waals surface area contributed by atoms with E-state index in [1.165, 1.54) is 16.9 Å². The average Bonchev–Trinajstić information content (AvgIpc) is 2.87. The van der Waals surface area contributed by atoms with E-state index in [2.05, 4.69) is 37.5 Å². The van der Waals surface area contributed by atoms with Gasteiger partial charge in [-0.1, -0.05) is 29.5 Å². The summed E-state index contributed by atoms with van der Waals surface area (Å²) in [4.78, 5) is 0. The molecule has 2 aromatic rings. The Morgan fingerprint density at radius 1 is 1.38 bits per heavy atom. The van der Waals surface area contributed by atoms with Gasteiger partial charge >= 0.3 is 0 Å². The van der Waals surface area contributed by atoms with Crippen molar-refractivity contribution in [3.05, 3.63) is 33.7 Å². The first kappa shape index (κ1) is 10.0. The summed E-state index contributed by atoms with van der Waals surface area (Å²) in [5.74, 6) is 0.948. The van der Waals surface area contributed by atoms with Gasteiger partial charge in [0.25, 0.3) is 0 Å². The monoisotopic (exact) mass is 297 g/mol. The Kier molecular flexibility index (Phi) is 2.53. The van der Waals surface area contributed by atoms with E-state index in [0.717, 1.165) is 14.8 Å². The lowest BCUT2D eigenvalue weighted by Gasteiger charge is -2.08. The number of nitrogens with one attached hydrogen (secondary N) is 1. The fraction of sp³-hybridized carbons (Fsp3) is 0.200. The maximum absolute atomic E-state index is 5.57. The van der Waals surface area contributed by atoms with Crippen LogP contribution in [0.2, 0.25) is 0 Å². The van der Waals surface area contributed by atoms with Crippen LogP contribution >= 0.6 is 27.3 Å². The zero-order valence-corrected chi connectivity index (χ0v) is 10.6. The molecule has 0 aliphatic carbocycles. The molecule has 0 saturated heterocycles. The zero-order valence-electron chi connectivity index (χ0n) is 8.18. The number of hydrogen-bond acceptors (Lipinski definition) is 5. The van der Waals surface area contributed by atoms with Crippen LogP contribution in [0.15, 0.2) is 28.2 Å². The van der Waals surface area contributed by atoms with Gasteiger partial charge in [0.05, 0.1) is 6.04 Å². The van der Waals surface area contributed by atoms with Crippen molar-refractivity contribution < 1.29 is 4.74 Å². The maximum Gasteiger partial charge on any atom is 0.207 e. The molecule has 0 bridgehead atoms. The Bertz CT molecular complexity index is 516. The Labute approximate surface area is 105 Å². The second-order valence-electron chi connectivity index (χ2n) is 3.41. The first-order valence-corrected chi connectivity index (χ1v) is 6.41. The van der Waals surface area contributed by atoms with Gasteiger partial charge in [-0.15, -0.1) is 10.2 Å². The maximum atomic E-state index is 5.57. The number of ether oxygens (including phenoxy) is 1. The van der Waals surface area contributed by atoms with Gasteiger partial charge in [-0.25, -0.2) is 0 Å². The van der Waals surface area contributed by atoms with E-state index in [-0.39, 0.29) is 6.04 Å². The van der Waals surface area contributed by atoms with Crippen LogP contribution in [-0.4, -0.2) is 16.8 Å². The van der Waals surface area contributed by atoms with Crippen molar-refractivity contribution in [1.29, 1.82) is 0 Å². The summed E-state index contributed by atoms with van der Waals surface area (Å²) in [6, 6.07) is 8.19. The number of hydrogen-bond donors (Lipinski definition) is 1. The molecule has 1 aromatic heterocycles. The van der Waals surface area contributed by atoms with Crippen molar-refractivity contribution in [2.75, 3.05) is 11.9 Å². The molecule has 1 N–H and O–H groups in total. The molecular formula is C10H8BrN3OS. The second kappa shape index (κ2) is 4.03. The Morgan fingerprint density at radius 2 is 2.25 bits per heavy atom. The van der Waals surface area contributed by atoms with Crippen LogP contribution in [0, 0.1) is 0 Å². The van der Waals surface area contributed by atoms with E-state index in [0.29, 0.717) is 6.61 Å². The molecule has 3 rings (SSSR count). The van der Waals surface area contributed by atoms with Gasteiger partial charge in [0.1, 0.15) is 12.4 Å². The molecular weight excluding hydrogens is 290 g/mol. The van der Waals surface area contributed by atoms with Gasteiger partial charge < -0.3 is 10.1 Å². The van der Waals surface area contributed by atoms with Crippen molar-refractivity contribution in [3.63, 3.8) is 0 Å². The first-order valence-electron chi connectivity index (χ1n) is 4.80. The predicted octanol–water partition coefficient (Wildman–Crippen LogP) is 2.85. The lowest BCUT2D eigenvalue weighted by atomic mass is 10.1. The number of halogens is 1. The third-order valence-corrected chi connectivity index (χ3v) is 3.69. The highest BCUT2D eigenvalue weighted by atomic mass is 79.9. The van der Waals surface area contributed by atoms with Crippen molar-refractivity contribution >= 4 is 32.4 Å². The van der Waals surface area contributed by atoms with Crippen LogP contribution in [0.4, 0.5) is 5.13 Å². The van der Waals surface area contributed by atoms with Gasteiger partial charge in [-0.05, 0) is 22.0 Å². The molecule has 16 heavy (non-hydrogen) atoms. The van der Waals surface area contributed by atoms with Crippen LogP contribution in [-0.2, 0) is 0 Å². The second-order valence-corrected chi connectivity index (χ2v) is 5.66. The van der Waals surface area contributed by atoms with Gasteiger partial charge in [0.2, 0.25) is 5.13 Å². The van der Waals surface area contributed by atoms with Gasteiger partial charge in [-0.2, -0.15) is 0 Å². The van der Waals surface area contributed by atoms with Crippen LogP contribution in [0.3, 0.4) is 0 Å². The summed E-state index contributed by atoms with van der Waals surface area (Å²) >= 11 is 4.76. The minimum Gasteiger partial charge on any atom is -0.491 e. The summed E-state index contributed by atoms with van der Waals surface area (Å²) in [6.07, 6.45) is 0. The van der Waals surface area contributed by atoms with Gasteiger partial charge in [0.15, 0.2) is 3.92 Å². The summed E-state index contributed by atoms with van der Waals surface area (Å²) in [7, 11) is 0. The molecule has 0 radical (unpaired) electrons. The smallest absolute Gasteiger partial charge is 0.207 e. The average molecular weight is 298 g/mol. The Hall–Kier alpha value is -1.14. The third-order valence-electron chi connectivity index (χ3n) is 2.40. The Morgan fingerprint density at radius 3 is 3.06 bits per heavy atom. The van der Waals surface area contributed by atoms with Crippen LogP contribution < -0.4 is 10.1 Å². The summed E-state index contributed by atoms with van der Waals surface area (Å²) in [5.41, 5.74) is 1.17. The predicted molar refractivity (Wildman–Crippen MR) is 65.9 cm³/mol. The standard InChI is InChI=1S/C10H8BrN3OS/c11-9-13-14-10(16-9)12-7-5-15-8-4-2-1-3-6(7)8/h1-4,7H,5H2,(H,12,14). The van der Waals surface area contributed by atoms with Gasteiger partial charge in [-0.3, -0.25) is 0 Å². The molecule has 0 fully saturated rings. The molecule has 1 aliphatic rings. The number of aromatic nitrogens is 2. The fourth-order valence-electron chi connectivity index (χ4n) is 1.69. The number of fused-ring (bicyclic) bond motifs is 1. The van der Waals surface area contributed by atoms with E-state index < -0.39 is 0 Å². The minimum absolute atomic E-state index is 0.163. The molecule has 4 nitrogen and oxygen atoms in total. The highest BCUT2D eigenvalue weighted by Gasteiger charge is 2.24. The lowest BCUT2D eigenvalue weighted by molar-refractivity contribution is 0.340. The molecule has 1 atom stereocenters. The molecule has 0 saturated carbocycles. The van der Waals surface area contributed by atoms with Crippen molar-refractivity contribution in [2.45, 2.75) is 6.04 Å². The van der Waals surface area contributed by atoms with Crippen LogP contribution in [0.25, 0.3) is 0 Å². The summed E-state index contributed by atoms with van der Waals surface area (Å²) in [6.45, 7) is 0.635. The molecule has 1 aromatic carbocycles. The molecule has 1 unspecified atom stereocenters. The number of benzene rings is 1. The minimum atomic E-state index is 0.163. The number of para-hydroxylation sites is 1. The number of rotatable bonds is 2. The summed E-state index contributed by atoms with van der Waals surface area (Å²) in [5, 5.41) is 12.0. The van der Waals surface area contributed by atoms with Crippen molar-refractivity contribution in [1.82, 2.24) is 10.2 Å². The zero-order chi connectivity index (χ0) is 11.0. The molecule has 1 aliphatic heterocycles. The highest BCUT2D eigenvalue weighted by Crippen LogP contribution is 2.34. The largest absolute Gasteiger partial charge is 0.491 e. The molecule has 82 valence electrons. The van der Waals surface area contributed by atoms with Crippen LogP contribution in [0.5, 0.6) is 5.75 Å². The number of nitrogens with zero attached hydrogens (tertiary/aromatic N) is 2. The SMILES string of the molecule is Brc1nnc(NC2COc3ccccc32)s1. The molecule has 2 heterocycles. The molecule has 6 heteroatoms. The Balaban J connectivity index is 1.83. The van der Waals surface area contributed by atoms with Gasteiger partial charge in [0, 0.05) is 5.56 Å². The van der Waals surface area contributed by atoms with E-state index in [4.69, 9.17) is 4.74 Å². The molecule has 0 spiro atoms. The fourth-order valence-corrected chi connectivity index (χ4v) is 2.76. The quantitative estimate of drug-likeness (QED) is 0.926. The normalized spacial score (nSPS) is 17.9. The van der Waals surface area contributed by atoms with E-state index in [9.17, 15) is 0 Å². The molecule has 0 amide bonds. The van der Waals surface area contributed by atoms with Crippen molar-refractivity contribution in [2.24, 2.45) is 0 Å². The highest BCUT2D eigenvalue weighted by molar-refractivity contribution is 9.11. The van der Waals surface area contributed by atoms with E-state index >= 15 is 0 Å². The topological polar surface area (TPSA) is 47.0 Å².